The van der Waals surface area contributed by atoms with Crippen LogP contribution in [0.2, 0.25) is 0 Å². The lowest BCUT2D eigenvalue weighted by atomic mass is 10.1. The van der Waals surface area contributed by atoms with Crippen LogP contribution < -0.4 is 0 Å². The van der Waals surface area contributed by atoms with Crippen molar-refractivity contribution < 1.29 is 10.2 Å². The first kappa shape index (κ1) is 10.5. The molecule has 0 amide bonds. The van der Waals surface area contributed by atoms with Crippen LogP contribution in [0.15, 0.2) is 24.7 Å². The molecule has 0 aliphatic rings. The Bertz CT molecular complexity index is 459. The molecule has 2 aromatic heterocycles. The lowest BCUT2D eigenvalue weighted by molar-refractivity contribution is 0.0350. The number of aromatic nitrogens is 3. The predicted octanol–water partition coefficient (Wildman–Crippen LogP) is 0.518. The Kier molecular flexibility index (Phi) is 2.99. The summed E-state index contributed by atoms with van der Waals surface area (Å²) >= 11 is 3.11. The first-order valence-electron chi connectivity index (χ1n) is 4.44. The van der Waals surface area contributed by atoms with Crippen LogP contribution in [0.3, 0.4) is 0 Å². The molecule has 15 heavy (non-hydrogen) atoms. The molecule has 2 N–H and O–H groups in total. The molecule has 0 fully saturated rings. The first-order chi connectivity index (χ1) is 7.24. The Balaban J connectivity index is 2.43. The minimum absolute atomic E-state index is 0.304. The number of hydrogen-bond acceptors (Lipinski definition) is 4. The summed E-state index contributed by atoms with van der Waals surface area (Å²) in [5.74, 6) is 0. The third-order valence-electron chi connectivity index (χ3n) is 2.15. The molecule has 0 radical (unpaired) electrons. The molecule has 2 heterocycles. The highest BCUT2D eigenvalue weighted by molar-refractivity contribution is 9.09. The molecule has 0 bridgehead atoms. The molecule has 2 atom stereocenters. The van der Waals surface area contributed by atoms with Crippen LogP contribution in [0.25, 0.3) is 5.65 Å². The van der Waals surface area contributed by atoms with E-state index >= 15 is 0 Å². The number of halogens is 1. The summed E-state index contributed by atoms with van der Waals surface area (Å²) in [6, 6.07) is 1.75. The fourth-order valence-corrected chi connectivity index (χ4v) is 1.70. The van der Waals surface area contributed by atoms with Gasteiger partial charge in [0.05, 0.1) is 12.3 Å². The van der Waals surface area contributed by atoms with Gasteiger partial charge in [-0.2, -0.15) is 5.10 Å². The second-order valence-corrected chi connectivity index (χ2v) is 3.80. The highest BCUT2D eigenvalue weighted by atomic mass is 79.9. The van der Waals surface area contributed by atoms with E-state index in [2.05, 4.69) is 26.0 Å². The van der Waals surface area contributed by atoms with Gasteiger partial charge < -0.3 is 10.2 Å². The largest absolute Gasteiger partial charge is 0.389 e. The van der Waals surface area contributed by atoms with E-state index in [1.54, 1.807) is 23.0 Å². The second-order valence-electron chi connectivity index (χ2n) is 3.15. The number of aliphatic hydroxyl groups is 2. The quantitative estimate of drug-likeness (QED) is 0.799. The molecule has 0 spiro atoms. The zero-order valence-corrected chi connectivity index (χ0v) is 9.37. The maximum atomic E-state index is 9.80. The molecule has 6 heteroatoms. The lowest BCUT2D eigenvalue weighted by Crippen LogP contribution is -2.19. The van der Waals surface area contributed by atoms with Crippen LogP contribution in [0.5, 0.6) is 0 Å². The van der Waals surface area contributed by atoms with Crippen molar-refractivity contribution in [1.29, 1.82) is 0 Å². The van der Waals surface area contributed by atoms with Gasteiger partial charge in [0.2, 0.25) is 0 Å². The summed E-state index contributed by atoms with van der Waals surface area (Å²) in [6.07, 6.45) is 3.03. The Labute approximate surface area is 94.5 Å². The molecule has 0 saturated heterocycles. The number of fused-ring (bicyclic) bond motifs is 1. The summed E-state index contributed by atoms with van der Waals surface area (Å²) in [5.41, 5.74) is 1.09. The van der Waals surface area contributed by atoms with Gasteiger partial charge in [-0.1, -0.05) is 15.9 Å². The number of aliphatic hydroxyl groups excluding tert-OH is 2. The molecule has 0 saturated carbocycles. The third-order valence-corrected chi connectivity index (χ3v) is 2.81. The Morgan fingerprint density at radius 2 is 2.27 bits per heavy atom. The average molecular weight is 272 g/mol. The molecule has 2 aromatic rings. The summed E-state index contributed by atoms with van der Waals surface area (Å²) in [5, 5.41) is 23.6. The molecule has 5 nitrogen and oxygen atoms in total. The van der Waals surface area contributed by atoms with Crippen molar-refractivity contribution in [2.45, 2.75) is 12.2 Å². The van der Waals surface area contributed by atoms with E-state index in [0.29, 0.717) is 16.5 Å². The van der Waals surface area contributed by atoms with Crippen LogP contribution in [0.1, 0.15) is 11.7 Å². The van der Waals surface area contributed by atoms with Crippen LogP contribution in [-0.4, -0.2) is 36.2 Å². The van der Waals surface area contributed by atoms with Gasteiger partial charge in [-0.3, -0.25) is 0 Å². The van der Waals surface area contributed by atoms with E-state index in [1.807, 2.05) is 0 Å². The van der Waals surface area contributed by atoms with E-state index in [9.17, 15) is 10.2 Å². The highest BCUT2D eigenvalue weighted by Gasteiger charge is 2.21. The van der Waals surface area contributed by atoms with Crippen LogP contribution in [0.4, 0.5) is 0 Å². The minimum Gasteiger partial charge on any atom is -0.389 e. The van der Waals surface area contributed by atoms with E-state index in [1.165, 1.54) is 6.20 Å². The van der Waals surface area contributed by atoms with Crippen LogP contribution in [-0.2, 0) is 0 Å². The van der Waals surface area contributed by atoms with Crippen molar-refractivity contribution in [2.75, 3.05) is 5.33 Å². The molecule has 0 aromatic carbocycles. The first-order valence-corrected chi connectivity index (χ1v) is 5.56. The van der Waals surface area contributed by atoms with Gasteiger partial charge in [-0.05, 0) is 6.07 Å². The second kappa shape index (κ2) is 4.26. The van der Waals surface area contributed by atoms with Crippen LogP contribution in [0, 0.1) is 0 Å². The van der Waals surface area contributed by atoms with Crippen molar-refractivity contribution in [3.8, 4) is 0 Å². The summed E-state index contributed by atoms with van der Waals surface area (Å²) in [7, 11) is 0. The molecule has 0 aliphatic carbocycles. The van der Waals surface area contributed by atoms with E-state index in [4.69, 9.17) is 0 Å². The average Bonchev–Trinajstić information content (AvgIpc) is 2.70. The molecule has 80 valence electrons. The molecular formula is C9H10BrN3O2. The van der Waals surface area contributed by atoms with E-state index < -0.39 is 12.2 Å². The number of alkyl halides is 1. The maximum absolute atomic E-state index is 9.80. The number of nitrogens with zero attached hydrogens (tertiary/aromatic N) is 3. The standard InChI is InChI=1S/C9H10BrN3O2/c10-4-7(14)8(15)6-5-12-13-3-1-2-11-9(6)13/h1-3,5,7-8,14-15H,4H2. The van der Waals surface area contributed by atoms with Crippen molar-refractivity contribution >= 4 is 21.6 Å². The minimum atomic E-state index is -0.975. The zero-order chi connectivity index (χ0) is 10.8. The van der Waals surface area contributed by atoms with Gasteiger partial charge >= 0.3 is 0 Å². The molecule has 2 unspecified atom stereocenters. The summed E-state index contributed by atoms with van der Waals surface area (Å²) in [6.45, 7) is 0. The molecule has 2 rings (SSSR count). The Morgan fingerprint density at radius 1 is 1.47 bits per heavy atom. The van der Waals surface area contributed by atoms with E-state index in [0.717, 1.165) is 0 Å². The molecule has 0 aliphatic heterocycles. The van der Waals surface area contributed by atoms with E-state index in [-0.39, 0.29) is 0 Å². The highest BCUT2D eigenvalue weighted by Crippen LogP contribution is 2.21. The molecular weight excluding hydrogens is 262 g/mol. The maximum Gasteiger partial charge on any atom is 0.160 e. The van der Waals surface area contributed by atoms with Crippen molar-refractivity contribution in [3.63, 3.8) is 0 Å². The smallest absolute Gasteiger partial charge is 0.160 e. The number of rotatable bonds is 3. The van der Waals surface area contributed by atoms with Gasteiger partial charge in [-0.15, -0.1) is 0 Å². The normalized spacial score (nSPS) is 15.4. The van der Waals surface area contributed by atoms with Crippen molar-refractivity contribution in [2.24, 2.45) is 0 Å². The summed E-state index contributed by atoms with van der Waals surface area (Å²) < 4.78 is 1.56. The van der Waals surface area contributed by atoms with Gasteiger partial charge in [0.15, 0.2) is 5.65 Å². The van der Waals surface area contributed by atoms with Crippen molar-refractivity contribution in [3.05, 3.63) is 30.2 Å². The Morgan fingerprint density at radius 3 is 3.00 bits per heavy atom. The van der Waals surface area contributed by atoms with Gasteiger partial charge in [-0.25, -0.2) is 9.50 Å². The summed E-state index contributed by atoms with van der Waals surface area (Å²) in [4.78, 5) is 4.09. The Hall–Kier alpha value is -0.980. The van der Waals surface area contributed by atoms with Gasteiger partial charge in [0.1, 0.15) is 6.10 Å². The van der Waals surface area contributed by atoms with Gasteiger partial charge in [0, 0.05) is 23.3 Å². The SMILES string of the molecule is OC(CBr)C(O)c1cnn2cccnc12. The monoisotopic (exact) mass is 271 g/mol. The van der Waals surface area contributed by atoms with Crippen molar-refractivity contribution in [1.82, 2.24) is 14.6 Å². The lowest BCUT2D eigenvalue weighted by Gasteiger charge is -2.13. The van der Waals surface area contributed by atoms with Gasteiger partial charge in [0.25, 0.3) is 0 Å². The van der Waals surface area contributed by atoms with Crippen LogP contribution >= 0.6 is 15.9 Å². The predicted molar refractivity (Wildman–Crippen MR) is 57.7 cm³/mol. The number of hydrogen-bond donors (Lipinski definition) is 2. The fourth-order valence-electron chi connectivity index (χ4n) is 1.35. The fraction of sp³-hybridized carbons (Fsp3) is 0.333. The topological polar surface area (TPSA) is 70.7 Å². The third kappa shape index (κ3) is 1.88. The zero-order valence-electron chi connectivity index (χ0n) is 7.79.